The molecule has 0 aliphatic carbocycles. The van der Waals surface area contributed by atoms with Gasteiger partial charge in [0.2, 0.25) is 0 Å². The summed E-state index contributed by atoms with van der Waals surface area (Å²) in [6.07, 6.45) is -0.385. The topological polar surface area (TPSA) is 47.6 Å². The van der Waals surface area contributed by atoms with Gasteiger partial charge in [-0.2, -0.15) is 0 Å². The molecule has 12 heavy (non-hydrogen) atoms. The van der Waals surface area contributed by atoms with Crippen molar-refractivity contribution in [2.45, 2.75) is 26.8 Å². The van der Waals surface area contributed by atoms with E-state index in [-0.39, 0.29) is 12.1 Å². The van der Waals surface area contributed by atoms with Crippen molar-refractivity contribution < 1.29 is 14.3 Å². The fourth-order valence-corrected chi connectivity index (χ4v) is 0.710. The molecule has 1 atom stereocenters. The molecular formula is C8H17NO3. The Morgan fingerprint density at radius 2 is 2.08 bits per heavy atom. The summed E-state index contributed by atoms with van der Waals surface area (Å²) in [5.74, 6) is 0. The highest BCUT2D eigenvalue weighted by molar-refractivity contribution is 5.67. The molecule has 0 saturated heterocycles. The molecular weight excluding hydrogens is 158 g/mol. The zero-order chi connectivity index (χ0) is 9.40. The van der Waals surface area contributed by atoms with Gasteiger partial charge < -0.3 is 14.8 Å². The number of hydrogen-bond donors (Lipinski definition) is 1. The van der Waals surface area contributed by atoms with Crippen LogP contribution >= 0.6 is 0 Å². The number of rotatable bonds is 5. The number of ether oxygens (including phenoxy) is 2. The zero-order valence-electron chi connectivity index (χ0n) is 7.92. The second kappa shape index (κ2) is 6.91. The summed E-state index contributed by atoms with van der Waals surface area (Å²) in [6.45, 7) is 7.13. The van der Waals surface area contributed by atoms with Gasteiger partial charge in [-0.25, -0.2) is 4.79 Å². The lowest BCUT2D eigenvalue weighted by molar-refractivity contribution is 0.113. The van der Waals surface area contributed by atoms with Gasteiger partial charge in [-0.15, -0.1) is 0 Å². The van der Waals surface area contributed by atoms with E-state index in [9.17, 15) is 4.79 Å². The van der Waals surface area contributed by atoms with E-state index < -0.39 is 0 Å². The fourth-order valence-electron chi connectivity index (χ4n) is 0.710. The van der Waals surface area contributed by atoms with Crippen LogP contribution in [0.15, 0.2) is 0 Å². The number of carbonyl (C=O) groups excluding carboxylic acids is 1. The van der Waals surface area contributed by atoms with Gasteiger partial charge in [0.15, 0.2) is 0 Å². The quantitative estimate of drug-likeness (QED) is 0.682. The van der Waals surface area contributed by atoms with Crippen LogP contribution < -0.4 is 5.32 Å². The first-order valence-corrected chi connectivity index (χ1v) is 4.21. The second-order valence-corrected chi connectivity index (χ2v) is 2.43. The molecule has 0 aromatic heterocycles. The van der Waals surface area contributed by atoms with Crippen molar-refractivity contribution in [3.05, 3.63) is 0 Å². The summed E-state index contributed by atoms with van der Waals surface area (Å²) in [5.41, 5.74) is 0. The first kappa shape index (κ1) is 11.2. The van der Waals surface area contributed by atoms with Crippen LogP contribution in [-0.2, 0) is 9.47 Å². The molecule has 1 N–H and O–H groups in total. The van der Waals surface area contributed by atoms with Gasteiger partial charge in [0.05, 0.1) is 19.3 Å². The summed E-state index contributed by atoms with van der Waals surface area (Å²) in [4.78, 5) is 10.8. The van der Waals surface area contributed by atoms with Crippen molar-refractivity contribution in [2.75, 3.05) is 19.8 Å². The van der Waals surface area contributed by atoms with Gasteiger partial charge in [-0.05, 0) is 20.8 Å². The minimum absolute atomic E-state index is 0.00370. The molecule has 0 aromatic rings. The van der Waals surface area contributed by atoms with Crippen LogP contribution in [0.3, 0.4) is 0 Å². The van der Waals surface area contributed by atoms with E-state index in [0.717, 1.165) is 0 Å². The first-order valence-electron chi connectivity index (χ1n) is 4.21. The SMILES string of the molecule is CCOCC(C)NC(=O)OCC. The number of hydrogen-bond acceptors (Lipinski definition) is 3. The lowest BCUT2D eigenvalue weighted by Gasteiger charge is -2.12. The van der Waals surface area contributed by atoms with Crippen LogP contribution in [0.2, 0.25) is 0 Å². The van der Waals surface area contributed by atoms with Gasteiger partial charge in [-0.3, -0.25) is 0 Å². The fraction of sp³-hybridized carbons (Fsp3) is 0.875. The molecule has 0 rings (SSSR count). The lowest BCUT2D eigenvalue weighted by atomic mass is 10.4. The van der Waals surface area contributed by atoms with Crippen LogP contribution in [0, 0.1) is 0 Å². The second-order valence-electron chi connectivity index (χ2n) is 2.43. The van der Waals surface area contributed by atoms with Crippen molar-refractivity contribution in [3.63, 3.8) is 0 Å². The molecule has 0 aliphatic heterocycles. The predicted molar refractivity (Wildman–Crippen MR) is 46.1 cm³/mol. The molecule has 72 valence electrons. The monoisotopic (exact) mass is 175 g/mol. The van der Waals surface area contributed by atoms with E-state index in [2.05, 4.69) is 10.1 Å². The summed E-state index contributed by atoms with van der Waals surface area (Å²) in [6, 6.07) is 0.00370. The summed E-state index contributed by atoms with van der Waals surface area (Å²) >= 11 is 0. The molecule has 0 fully saturated rings. The summed E-state index contributed by atoms with van der Waals surface area (Å²) in [5, 5.41) is 2.63. The minimum Gasteiger partial charge on any atom is -0.450 e. The third kappa shape index (κ3) is 5.97. The largest absolute Gasteiger partial charge is 0.450 e. The highest BCUT2D eigenvalue weighted by atomic mass is 16.5. The molecule has 0 saturated carbocycles. The number of nitrogens with one attached hydrogen (secondary N) is 1. The Bertz CT molecular complexity index is 127. The molecule has 0 spiro atoms. The van der Waals surface area contributed by atoms with E-state index in [1.165, 1.54) is 0 Å². The molecule has 4 nitrogen and oxygen atoms in total. The Hall–Kier alpha value is -0.770. The van der Waals surface area contributed by atoms with Crippen molar-refractivity contribution in [1.82, 2.24) is 5.32 Å². The Labute approximate surface area is 73.2 Å². The van der Waals surface area contributed by atoms with E-state index in [1.54, 1.807) is 6.92 Å². The molecule has 1 unspecified atom stereocenters. The predicted octanol–water partition coefficient (Wildman–Crippen LogP) is 1.16. The van der Waals surface area contributed by atoms with Crippen LogP contribution in [0.25, 0.3) is 0 Å². The smallest absolute Gasteiger partial charge is 0.407 e. The van der Waals surface area contributed by atoms with Crippen molar-refractivity contribution in [3.8, 4) is 0 Å². The van der Waals surface area contributed by atoms with Gasteiger partial charge in [0, 0.05) is 6.61 Å². The maximum atomic E-state index is 10.8. The molecule has 1 amide bonds. The van der Waals surface area contributed by atoms with Crippen LogP contribution in [0.1, 0.15) is 20.8 Å². The van der Waals surface area contributed by atoms with Crippen LogP contribution in [0.5, 0.6) is 0 Å². The van der Waals surface area contributed by atoms with Crippen LogP contribution in [0.4, 0.5) is 4.79 Å². The maximum Gasteiger partial charge on any atom is 0.407 e. The molecule has 0 aromatic carbocycles. The average molecular weight is 175 g/mol. The van der Waals surface area contributed by atoms with Gasteiger partial charge in [0.25, 0.3) is 0 Å². The minimum atomic E-state index is -0.385. The summed E-state index contributed by atoms with van der Waals surface area (Å²) in [7, 11) is 0. The number of amides is 1. The number of carbonyl (C=O) groups is 1. The van der Waals surface area contributed by atoms with Crippen molar-refractivity contribution >= 4 is 6.09 Å². The number of alkyl carbamates (subject to hydrolysis) is 1. The van der Waals surface area contributed by atoms with Crippen molar-refractivity contribution in [2.24, 2.45) is 0 Å². The van der Waals surface area contributed by atoms with E-state index in [4.69, 9.17) is 4.74 Å². The highest BCUT2D eigenvalue weighted by Crippen LogP contribution is 1.86. The molecule has 0 aliphatic rings. The van der Waals surface area contributed by atoms with Crippen molar-refractivity contribution in [1.29, 1.82) is 0 Å². The third-order valence-electron chi connectivity index (χ3n) is 1.21. The maximum absolute atomic E-state index is 10.8. The Kier molecular flexibility index (Phi) is 6.47. The third-order valence-corrected chi connectivity index (χ3v) is 1.21. The Morgan fingerprint density at radius 1 is 1.42 bits per heavy atom. The van der Waals surface area contributed by atoms with E-state index >= 15 is 0 Å². The zero-order valence-corrected chi connectivity index (χ0v) is 7.92. The Balaban J connectivity index is 3.40. The highest BCUT2D eigenvalue weighted by Gasteiger charge is 2.06. The molecule has 0 bridgehead atoms. The van der Waals surface area contributed by atoms with Gasteiger partial charge >= 0.3 is 6.09 Å². The molecule has 0 heterocycles. The Morgan fingerprint density at radius 3 is 2.58 bits per heavy atom. The summed E-state index contributed by atoms with van der Waals surface area (Å²) < 4.78 is 9.79. The van der Waals surface area contributed by atoms with E-state index in [0.29, 0.717) is 19.8 Å². The standard InChI is InChI=1S/C8H17NO3/c1-4-11-6-7(3)9-8(10)12-5-2/h7H,4-6H2,1-3H3,(H,9,10). The van der Waals surface area contributed by atoms with Gasteiger partial charge in [-0.1, -0.05) is 0 Å². The van der Waals surface area contributed by atoms with Gasteiger partial charge in [0.1, 0.15) is 0 Å². The lowest BCUT2D eigenvalue weighted by Crippen LogP contribution is -2.36. The first-order chi connectivity index (χ1) is 5.70. The van der Waals surface area contributed by atoms with E-state index in [1.807, 2.05) is 13.8 Å². The average Bonchev–Trinajstić information content (AvgIpc) is 2.01. The normalized spacial score (nSPS) is 12.2. The molecule has 0 radical (unpaired) electrons. The van der Waals surface area contributed by atoms with Crippen LogP contribution in [-0.4, -0.2) is 32.0 Å². The molecule has 4 heteroatoms.